The summed E-state index contributed by atoms with van der Waals surface area (Å²) >= 11 is 0. The largest absolute Gasteiger partial charge is 0.497 e. The molecule has 1 heterocycles. The second kappa shape index (κ2) is 7.36. The molecular formula is C15H25N3O. The summed E-state index contributed by atoms with van der Waals surface area (Å²) in [4.78, 5) is 4.83. The molecule has 1 aromatic rings. The van der Waals surface area contributed by atoms with Crippen molar-refractivity contribution in [2.24, 2.45) is 0 Å². The molecule has 19 heavy (non-hydrogen) atoms. The van der Waals surface area contributed by atoms with Crippen molar-refractivity contribution in [1.82, 2.24) is 10.2 Å². The van der Waals surface area contributed by atoms with E-state index in [0.29, 0.717) is 0 Å². The van der Waals surface area contributed by atoms with Crippen LogP contribution < -0.4 is 15.0 Å². The topological polar surface area (TPSA) is 27.7 Å². The van der Waals surface area contributed by atoms with Crippen LogP contribution in [-0.2, 0) is 0 Å². The van der Waals surface area contributed by atoms with Crippen LogP contribution in [0.1, 0.15) is 6.42 Å². The van der Waals surface area contributed by atoms with E-state index < -0.39 is 0 Å². The van der Waals surface area contributed by atoms with Gasteiger partial charge in [-0.2, -0.15) is 0 Å². The van der Waals surface area contributed by atoms with Crippen molar-refractivity contribution in [3.05, 3.63) is 24.3 Å². The van der Waals surface area contributed by atoms with Crippen molar-refractivity contribution in [2.75, 3.05) is 58.3 Å². The van der Waals surface area contributed by atoms with Crippen LogP contribution >= 0.6 is 0 Å². The number of hydrogen-bond donors (Lipinski definition) is 1. The number of methoxy groups -OCH3 is 1. The van der Waals surface area contributed by atoms with Crippen LogP contribution in [0.5, 0.6) is 5.75 Å². The van der Waals surface area contributed by atoms with Crippen LogP contribution in [0.2, 0.25) is 0 Å². The Hall–Kier alpha value is -1.26. The van der Waals surface area contributed by atoms with E-state index in [4.69, 9.17) is 4.74 Å². The van der Waals surface area contributed by atoms with Gasteiger partial charge in [-0.3, -0.25) is 0 Å². The minimum absolute atomic E-state index is 0.923. The molecule has 106 valence electrons. The molecule has 1 aromatic carbocycles. The molecule has 0 amide bonds. The summed E-state index contributed by atoms with van der Waals surface area (Å²) in [5.74, 6) is 0.923. The average Bonchev–Trinajstić information content (AvgIpc) is 2.48. The van der Waals surface area contributed by atoms with Gasteiger partial charge in [-0.1, -0.05) is 6.07 Å². The van der Waals surface area contributed by atoms with E-state index in [2.05, 4.69) is 34.3 Å². The van der Waals surface area contributed by atoms with Crippen molar-refractivity contribution < 1.29 is 4.74 Å². The predicted molar refractivity (Wildman–Crippen MR) is 80.2 cm³/mol. The Morgan fingerprint density at radius 3 is 2.84 bits per heavy atom. The van der Waals surface area contributed by atoms with Gasteiger partial charge in [0, 0.05) is 51.5 Å². The van der Waals surface area contributed by atoms with Gasteiger partial charge in [0.25, 0.3) is 0 Å². The molecule has 4 heteroatoms. The summed E-state index contributed by atoms with van der Waals surface area (Å²) in [6.45, 7) is 6.90. The highest BCUT2D eigenvalue weighted by Crippen LogP contribution is 2.19. The van der Waals surface area contributed by atoms with E-state index in [1.807, 2.05) is 12.1 Å². The molecule has 0 saturated carbocycles. The average molecular weight is 263 g/mol. The van der Waals surface area contributed by atoms with Crippen molar-refractivity contribution in [3.8, 4) is 5.75 Å². The summed E-state index contributed by atoms with van der Waals surface area (Å²) in [6.07, 6.45) is 1.20. The number of piperazine rings is 1. The van der Waals surface area contributed by atoms with E-state index in [0.717, 1.165) is 25.4 Å². The lowest BCUT2D eigenvalue weighted by molar-refractivity contribution is 0.239. The number of ether oxygens (including phenoxy) is 1. The highest BCUT2D eigenvalue weighted by molar-refractivity contribution is 5.49. The second-order valence-corrected chi connectivity index (χ2v) is 5.07. The summed E-state index contributed by atoms with van der Waals surface area (Å²) in [7, 11) is 3.86. The Bertz CT molecular complexity index is 377. The molecular weight excluding hydrogens is 238 g/mol. The summed E-state index contributed by atoms with van der Waals surface area (Å²) in [5.41, 5.74) is 1.22. The molecule has 4 nitrogen and oxygen atoms in total. The molecule has 1 saturated heterocycles. The number of nitrogens with zero attached hydrogens (tertiary/aromatic N) is 2. The minimum Gasteiger partial charge on any atom is -0.497 e. The fraction of sp³-hybridized carbons (Fsp3) is 0.600. The normalized spacial score (nSPS) is 16.3. The fourth-order valence-electron chi connectivity index (χ4n) is 2.44. The van der Waals surface area contributed by atoms with E-state index >= 15 is 0 Å². The highest BCUT2D eigenvalue weighted by Gasteiger charge is 2.09. The zero-order valence-electron chi connectivity index (χ0n) is 12.1. The van der Waals surface area contributed by atoms with Crippen LogP contribution in [0.15, 0.2) is 24.3 Å². The number of hydrogen-bond acceptors (Lipinski definition) is 4. The molecule has 0 radical (unpaired) electrons. The van der Waals surface area contributed by atoms with Gasteiger partial charge >= 0.3 is 0 Å². The number of benzene rings is 1. The molecule has 0 bridgehead atoms. The van der Waals surface area contributed by atoms with Gasteiger partial charge in [0.2, 0.25) is 0 Å². The number of rotatable bonds is 6. The molecule has 1 aliphatic heterocycles. The SMILES string of the molecule is COc1cccc(N(C)CCCN2CCNCC2)c1. The van der Waals surface area contributed by atoms with E-state index in [9.17, 15) is 0 Å². The van der Waals surface area contributed by atoms with Gasteiger partial charge in [-0.25, -0.2) is 0 Å². The standard InChI is InChI=1S/C15H25N3O/c1-17(14-5-3-6-15(13-14)19-2)9-4-10-18-11-7-16-8-12-18/h3,5-6,13,16H,4,7-12H2,1-2H3. The Morgan fingerprint density at radius 2 is 2.11 bits per heavy atom. The Morgan fingerprint density at radius 1 is 1.32 bits per heavy atom. The lowest BCUT2D eigenvalue weighted by Crippen LogP contribution is -2.44. The molecule has 1 aliphatic rings. The Balaban J connectivity index is 1.75. The maximum atomic E-state index is 5.26. The molecule has 0 unspecified atom stereocenters. The zero-order chi connectivity index (χ0) is 13.5. The van der Waals surface area contributed by atoms with Crippen LogP contribution in [0.25, 0.3) is 0 Å². The van der Waals surface area contributed by atoms with Crippen LogP contribution in [0.3, 0.4) is 0 Å². The summed E-state index contributed by atoms with van der Waals surface area (Å²) in [6, 6.07) is 8.25. The first-order valence-corrected chi connectivity index (χ1v) is 7.08. The van der Waals surface area contributed by atoms with E-state index in [1.54, 1.807) is 7.11 Å². The molecule has 2 rings (SSSR count). The highest BCUT2D eigenvalue weighted by atomic mass is 16.5. The quantitative estimate of drug-likeness (QED) is 0.840. The van der Waals surface area contributed by atoms with Gasteiger partial charge in [0.1, 0.15) is 5.75 Å². The molecule has 1 fully saturated rings. The third-order valence-corrected chi connectivity index (χ3v) is 3.67. The van der Waals surface area contributed by atoms with Gasteiger partial charge < -0.3 is 19.9 Å². The molecule has 1 N–H and O–H groups in total. The predicted octanol–water partition coefficient (Wildman–Crippen LogP) is 1.43. The maximum absolute atomic E-state index is 5.26. The third kappa shape index (κ3) is 4.40. The number of nitrogens with one attached hydrogen (secondary N) is 1. The van der Waals surface area contributed by atoms with Gasteiger partial charge in [-0.15, -0.1) is 0 Å². The maximum Gasteiger partial charge on any atom is 0.120 e. The number of anilines is 1. The van der Waals surface area contributed by atoms with Crippen molar-refractivity contribution in [3.63, 3.8) is 0 Å². The Labute approximate surface area is 116 Å². The molecule has 0 aliphatic carbocycles. The monoisotopic (exact) mass is 263 g/mol. The van der Waals surface area contributed by atoms with Crippen LogP contribution in [0.4, 0.5) is 5.69 Å². The van der Waals surface area contributed by atoms with Crippen molar-refractivity contribution >= 4 is 5.69 Å². The van der Waals surface area contributed by atoms with Gasteiger partial charge in [-0.05, 0) is 25.1 Å². The molecule has 0 spiro atoms. The lowest BCUT2D eigenvalue weighted by Gasteiger charge is -2.28. The lowest BCUT2D eigenvalue weighted by atomic mass is 10.2. The first kappa shape index (κ1) is 14.2. The Kier molecular flexibility index (Phi) is 5.48. The van der Waals surface area contributed by atoms with Gasteiger partial charge in [0.15, 0.2) is 0 Å². The van der Waals surface area contributed by atoms with Crippen molar-refractivity contribution in [2.45, 2.75) is 6.42 Å². The van der Waals surface area contributed by atoms with Crippen molar-refractivity contribution in [1.29, 1.82) is 0 Å². The molecule has 0 aromatic heterocycles. The fourth-order valence-corrected chi connectivity index (χ4v) is 2.44. The first-order valence-electron chi connectivity index (χ1n) is 7.08. The zero-order valence-corrected chi connectivity index (χ0v) is 12.1. The second-order valence-electron chi connectivity index (χ2n) is 5.07. The molecule has 0 atom stereocenters. The van der Waals surface area contributed by atoms with E-state index in [-0.39, 0.29) is 0 Å². The minimum atomic E-state index is 0.923. The first-order chi connectivity index (χ1) is 9.29. The van der Waals surface area contributed by atoms with E-state index in [1.165, 1.54) is 31.7 Å². The van der Waals surface area contributed by atoms with Crippen LogP contribution in [0, 0.1) is 0 Å². The summed E-state index contributed by atoms with van der Waals surface area (Å²) < 4.78 is 5.26. The third-order valence-electron chi connectivity index (χ3n) is 3.67. The summed E-state index contributed by atoms with van der Waals surface area (Å²) in [5, 5.41) is 3.39. The van der Waals surface area contributed by atoms with Gasteiger partial charge in [0.05, 0.1) is 7.11 Å². The van der Waals surface area contributed by atoms with Crippen LogP contribution in [-0.4, -0.2) is 58.3 Å². The smallest absolute Gasteiger partial charge is 0.120 e.